The van der Waals surface area contributed by atoms with Crippen molar-refractivity contribution >= 4 is 11.8 Å². The van der Waals surface area contributed by atoms with Gasteiger partial charge in [-0.15, -0.1) is 0 Å². The first-order chi connectivity index (χ1) is 7.26. The molecule has 0 saturated carbocycles. The van der Waals surface area contributed by atoms with Gasteiger partial charge >= 0.3 is 0 Å². The Morgan fingerprint density at radius 1 is 1.40 bits per heavy atom. The van der Waals surface area contributed by atoms with Crippen molar-refractivity contribution in [3.8, 4) is 0 Å². The first-order valence-electron chi connectivity index (χ1n) is 4.93. The van der Waals surface area contributed by atoms with Crippen molar-refractivity contribution in [2.75, 3.05) is 23.9 Å². The number of unbranched alkanes of at least 4 members (excludes halogenated alkanes) is 1. The third-order valence-corrected chi connectivity index (χ3v) is 1.87. The molecule has 0 amide bonds. The van der Waals surface area contributed by atoms with Gasteiger partial charge in [-0.05, 0) is 19.8 Å². The third-order valence-electron chi connectivity index (χ3n) is 1.87. The minimum absolute atomic E-state index is 0.222. The normalized spacial score (nSPS) is 10.1. The summed E-state index contributed by atoms with van der Waals surface area (Å²) in [4.78, 5) is 8.20. The molecule has 5 N–H and O–H groups in total. The fourth-order valence-electron chi connectivity index (χ4n) is 1.18. The smallest absolute Gasteiger partial charge is 0.239 e. The molecule has 0 spiro atoms. The molecule has 0 atom stereocenters. The lowest BCUT2D eigenvalue weighted by molar-refractivity contribution is 0.286. The number of nitrogen functional groups attached to an aromatic ring is 1. The zero-order valence-corrected chi connectivity index (χ0v) is 8.82. The van der Waals surface area contributed by atoms with E-state index >= 15 is 0 Å². The van der Waals surface area contributed by atoms with E-state index in [1.807, 2.05) is 13.0 Å². The van der Waals surface area contributed by atoms with Gasteiger partial charge in [-0.2, -0.15) is 4.98 Å². The summed E-state index contributed by atoms with van der Waals surface area (Å²) in [5, 5.41) is 11.7. The maximum absolute atomic E-state index is 8.61. The molecule has 0 aliphatic rings. The summed E-state index contributed by atoms with van der Waals surface area (Å²) in [7, 11) is 0. The molecule has 0 unspecified atom stereocenters. The highest BCUT2D eigenvalue weighted by Gasteiger charge is 1.99. The zero-order chi connectivity index (χ0) is 11.1. The molecule has 0 saturated heterocycles. The number of aromatic nitrogens is 2. The lowest BCUT2D eigenvalue weighted by atomic mass is 10.3. The first kappa shape index (κ1) is 11.7. The lowest BCUT2D eigenvalue weighted by Crippen LogP contribution is -2.13. The largest absolute Gasteiger partial charge is 0.396 e. The van der Waals surface area contributed by atoms with Crippen LogP contribution in [0.15, 0.2) is 6.07 Å². The number of hydrogen-bond donors (Lipinski definition) is 4. The number of nitrogens with one attached hydrogen (secondary N) is 2. The van der Waals surface area contributed by atoms with Crippen molar-refractivity contribution in [1.82, 2.24) is 9.97 Å². The number of nitrogens with zero attached hydrogens (tertiary/aromatic N) is 2. The second kappa shape index (κ2) is 6.15. The Kier molecular flexibility index (Phi) is 4.79. The van der Waals surface area contributed by atoms with E-state index in [0.717, 1.165) is 30.9 Å². The second-order valence-electron chi connectivity index (χ2n) is 3.22. The van der Waals surface area contributed by atoms with Crippen LogP contribution in [0.1, 0.15) is 18.5 Å². The van der Waals surface area contributed by atoms with E-state index in [-0.39, 0.29) is 6.61 Å². The predicted octanol–water partition coefficient (Wildman–Crippen LogP) is 0.255. The van der Waals surface area contributed by atoms with Crippen molar-refractivity contribution < 1.29 is 5.11 Å². The molecule has 0 bridgehead atoms. The van der Waals surface area contributed by atoms with E-state index in [2.05, 4.69) is 20.7 Å². The number of anilines is 2. The molecule has 84 valence electrons. The molecule has 0 radical (unpaired) electrons. The standard InChI is InChI=1S/C9H17N5O/c1-7-6-8(11-4-2-3-5-15)13-9(12-7)14-10/h6,15H,2-5,10H2,1H3,(H2,11,12,13,14). The van der Waals surface area contributed by atoms with Gasteiger partial charge in [0, 0.05) is 24.9 Å². The number of nitrogens with two attached hydrogens (primary N) is 1. The van der Waals surface area contributed by atoms with Gasteiger partial charge < -0.3 is 10.4 Å². The van der Waals surface area contributed by atoms with Crippen molar-refractivity contribution in [2.45, 2.75) is 19.8 Å². The number of hydrogen-bond acceptors (Lipinski definition) is 6. The van der Waals surface area contributed by atoms with E-state index in [1.165, 1.54) is 0 Å². The summed E-state index contributed by atoms with van der Waals surface area (Å²) in [5.74, 6) is 6.37. The van der Waals surface area contributed by atoms with E-state index in [4.69, 9.17) is 10.9 Å². The molecule has 0 aromatic carbocycles. The second-order valence-corrected chi connectivity index (χ2v) is 3.22. The topological polar surface area (TPSA) is 96.1 Å². The van der Waals surface area contributed by atoms with Gasteiger partial charge in [0.1, 0.15) is 5.82 Å². The average molecular weight is 211 g/mol. The van der Waals surface area contributed by atoms with Gasteiger partial charge in [-0.1, -0.05) is 0 Å². The molecule has 0 aliphatic heterocycles. The van der Waals surface area contributed by atoms with Crippen LogP contribution in [0.2, 0.25) is 0 Å². The fourth-order valence-corrected chi connectivity index (χ4v) is 1.18. The maximum Gasteiger partial charge on any atom is 0.239 e. The molecule has 1 aromatic heterocycles. The molecule has 0 aliphatic carbocycles. The highest BCUT2D eigenvalue weighted by Crippen LogP contribution is 2.08. The van der Waals surface area contributed by atoms with E-state index < -0.39 is 0 Å². The number of aliphatic hydroxyl groups excluding tert-OH is 1. The Hall–Kier alpha value is -1.40. The highest BCUT2D eigenvalue weighted by atomic mass is 16.2. The summed E-state index contributed by atoms with van der Waals surface area (Å²) >= 11 is 0. The van der Waals surface area contributed by atoms with Crippen molar-refractivity contribution in [3.63, 3.8) is 0 Å². The zero-order valence-electron chi connectivity index (χ0n) is 8.82. The Bertz CT molecular complexity index is 305. The molecule has 6 heteroatoms. The van der Waals surface area contributed by atoms with E-state index in [9.17, 15) is 0 Å². The van der Waals surface area contributed by atoms with E-state index in [1.54, 1.807) is 0 Å². The minimum atomic E-state index is 0.222. The number of rotatable bonds is 6. The highest BCUT2D eigenvalue weighted by molar-refractivity contribution is 5.41. The fraction of sp³-hybridized carbons (Fsp3) is 0.556. The van der Waals surface area contributed by atoms with Gasteiger partial charge in [0.2, 0.25) is 5.95 Å². The Morgan fingerprint density at radius 2 is 2.20 bits per heavy atom. The summed E-state index contributed by atoms with van der Waals surface area (Å²) in [6.07, 6.45) is 1.70. The molecule has 1 heterocycles. The van der Waals surface area contributed by atoms with Gasteiger partial charge in [-0.3, -0.25) is 5.43 Å². The van der Waals surface area contributed by atoms with Crippen LogP contribution in [0.4, 0.5) is 11.8 Å². The van der Waals surface area contributed by atoms with Crippen LogP contribution in [-0.2, 0) is 0 Å². The Balaban J connectivity index is 2.49. The number of hydrazine groups is 1. The van der Waals surface area contributed by atoms with Crippen LogP contribution in [-0.4, -0.2) is 28.2 Å². The molecule has 1 aromatic rings. The molecule has 6 nitrogen and oxygen atoms in total. The van der Waals surface area contributed by atoms with Gasteiger partial charge in [-0.25, -0.2) is 10.8 Å². The van der Waals surface area contributed by atoms with Crippen LogP contribution in [0.5, 0.6) is 0 Å². The monoisotopic (exact) mass is 211 g/mol. The van der Waals surface area contributed by atoms with Gasteiger partial charge in [0.05, 0.1) is 0 Å². The van der Waals surface area contributed by atoms with Crippen LogP contribution in [0, 0.1) is 6.92 Å². The van der Waals surface area contributed by atoms with Gasteiger partial charge in [0.25, 0.3) is 0 Å². The molecular formula is C9H17N5O. The minimum Gasteiger partial charge on any atom is -0.396 e. The van der Waals surface area contributed by atoms with Crippen LogP contribution < -0.4 is 16.6 Å². The summed E-state index contributed by atoms with van der Waals surface area (Å²) < 4.78 is 0. The molecule has 15 heavy (non-hydrogen) atoms. The van der Waals surface area contributed by atoms with Crippen molar-refractivity contribution in [1.29, 1.82) is 0 Å². The molecular weight excluding hydrogens is 194 g/mol. The average Bonchev–Trinajstić information content (AvgIpc) is 2.23. The number of aliphatic hydroxyl groups is 1. The van der Waals surface area contributed by atoms with Crippen LogP contribution in [0.25, 0.3) is 0 Å². The Morgan fingerprint density at radius 3 is 2.87 bits per heavy atom. The van der Waals surface area contributed by atoms with Crippen molar-refractivity contribution in [2.24, 2.45) is 5.84 Å². The summed E-state index contributed by atoms with van der Waals surface area (Å²) in [6.45, 7) is 2.88. The maximum atomic E-state index is 8.61. The molecule has 0 fully saturated rings. The summed E-state index contributed by atoms with van der Waals surface area (Å²) in [5.41, 5.74) is 3.26. The third kappa shape index (κ3) is 4.09. The first-order valence-corrected chi connectivity index (χ1v) is 4.93. The molecule has 1 rings (SSSR count). The van der Waals surface area contributed by atoms with Gasteiger partial charge in [0.15, 0.2) is 0 Å². The summed E-state index contributed by atoms with van der Waals surface area (Å²) in [6, 6.07) is 1.85. The SMILES string of the molecule is Cc1cc(NCCCCO)nc(NN)n1. The predicted molar refractivity (Wildman–Crippen MR) is 59.4 cm³/mol. The van der Waals surface area contributed by atoms with Crippen LogP contribution in [0.3, 0.4) is 0 Å². The lowest BCUT2D eigenvalue weighted by Gasteiger charge is -2.07. The van der Waals surface area contributed by atoms with Crippen molar-refractivity contribution in [3.05, 3.63) is 11.8 Å². The van der Waals surface area contributed by atoms with E-state index in [0.29, 0.717) is 5.95 Å². The van der Waals surface area contributed by atoms with Crippen LogP contribution >= 0.6 is 0 Å². The number of aryl methyl sites for hydroxylation is 1. The Labute approximate surface area is 88.9 Å². The quantitative estimate of drug-likeness (QED) is 0.306.